The van der Waals surface area contributed by atoms with Crippen molar-refractivity contribution in [2.45, 2.75) is 31.5 Å². The molecule has 2 aliphatic heterocycles. The number of imidazole rings is 1. The van der Waals surface area contributed by atoms with Crippen molar-refractivity contribution in [3.63, 3.8) is 0 Å². The van der Waals surface area contributed by atoms with Crippen LogP contribution in [0.15, 0.2) is 53.3 Å². The highest BCUT2D eigenvalue weighted by molar-refractivity contribution is 9.10. The van der Waals surface area contributed by atoms with Gasteiger partial charge >= 0.3 is 0 Å². The summed E-state index contributed by atoms with van der Waals surface area (Å²) in [5.41, 5.74) is 3.91. The van der Waals surface area contributed by atoms with Crippen molar-refractivity contribution in [1.29, 1.82) is 0 Å². The molecule has 7 heteroatoms. The number of fused-ring (bicyclic) bond motifs is 2. The Balaban J connectivity index is 1.27. The van der Waals surface area contributed by atoms with E-state index in [1.165, 1.54) is 11.1 Å². The minimum absolute atomic E-state index is 0.0874. The van der Waals surface area contributed by atoms with Gasteiger partial charge in [0.25, 0.3) is 5.91 Å². The Morgan fingerprint density at radius 2 is 1.93 bits per heavy atom. The van der Waals surface area contributed by atoms with Gasteiger partial charge in [-0.25, -0.2) is 4.98 Å². The fraction of sp³-hybridized carbons (Fsp3) is 0.364. The van der Waals surface area contributed by atoms with Crippen LogP contribution in [0.3, 0.4) is 0 Å². The van der Waals surface area contributed by atoms with Crippen LogP contribution < -0.4 is 0 Å². The summed E-state index contributed by atoms with van der Waals surface area (Å²) in [6, 6.07) is 12.4. The van der Waals surface area contributed by atoms with Crippen molar-refractivity contribution < 1.29 is 9.90 Å². The van der Waals surface area contributed by atoms with Crippen LogP contribution in [0.1, 0.15) is 28.0 Å². The predicted molar refractivity (Wildman–Crippen MR) is 114 cm³/mol. The number of hydrogen-bond acceptors (Lipinski definition) is 4. The van der Waals surface area contributed by atoms with E-state index in [4.69, 9.17) is 0 Å². The van der Waals surface area contributed by atoms with Crippen molar-refractivity contribution in [2.24, 2.45) is 0 Å². The van der Waals surface area contributed by atoms with Crippen LogP contribution in [0, 0.1) is 0 Å². The highest BCUT2D eigenvalue weighted by atomic mass is 79.9. The van der Waals surface area contributed by atoms with E-state index < -0.39 is 6.10 Å². The maximum absolute atomic E-state index is 13.0. The van der Waals surface area contributed by atoms with Crippen LogP contribution >= 0.6 is 15.9 Å². The Hall–Kier alpha value is -2.22. The molecule has 0 spiro atoms. The topological polar surface area (TPSA) is 61.1 Å². The molecule has 2 aliphatic rings. The number of aromatic nitrogens is 2. The van der Waals surface area contributed by atoms with E-state index in [0.717, 1.165) is 36.1 Å². The zero-order valence-corrected chi connectivity index (χ0v) is 17.6. The van der Waals surface area contributed by atoms with E-state index in [9.17, 15) is 9.90 Å². The summed E-state index contributed by atoms with van der Waals surface area (Å²) in [5, 5.41) is 10.8. The third-order valence-electron chi connectivity index (χ3n) is 6.10. The number of benzene rings is 1. The molecule has 6 nitrogen and oxygen atoms in total. The number of amides is 1. The van der Waals surface area contributed by atoms with Gasteiger partial charge in [-0.15, -0.1) is 0 Å². The number of aliphatic hydroxyl groups excluding tert-OH is 1. The molecule has 2 atom stereocenters. The number of nitrogens with zero attached hydrogens (tertiary/aromatic N) is 4. The third kappa shape index (κ3) is 3.58. The standard InChI is InChI=1S/C22H23BrN4O2/c23-17-5-6-21-24-18(13-27(21)12-17)22(29)26-10-8-19(20(28)14-26)25-9-7-15-3-1-2-4-16(15)11-25/h1-6,12-13,19-20,28H,7-11,14H2/t19-,20-/m1/s1. The molecular formula is C22H23BrN4O2. The molecule has 3 aromatic rings. The summed E-state index contributed by atoms with van der Waals surface area (Å²) < 4.78 is 2.77. The molecule has 1 amide bonds. The average molecular weight is 455 g/mol. The molecule has 0 saturated carbocycles. The highest BCUT2D eigenvalue weighted by Gasteiger charge is 2.35. The van der Waals surface area contributed by atoms with Crippen LogP contribution in [-0.4, -0.2) is 62.0 Å². The van der Waals surface area contributed by atoms with E-state index in [-0.39, 0.29) is 11.9 Å². The molecule has 0 aliphatic carbocycles. The number of piperidine rings is 1. The van der Waals surface area contributed by atoms with Gasteiger partial charge in [0, 0.05) is 49.1 Å². The second-order valence-corrected chi connectivity index (χ2v) is 8.82. The fourth-order valence-electron chi connectivity index (χ4n) is 4.56. The van der Waals surface area contributed by atoms with Crippen LogP contribution in [0.2, 0.25) is 0 Å². The Morgan fingerprint density at radius 3 is 2.76 bits per heavy atom. The first-order valence-corrected chi connectivity index (χ1v) is 10.8. The van der Waals surface area contributed by atoms with E-state index in [2.05, 4.69) is 50.1 Å². The molecule has 5 rings (SSSR count). The molecule has 4 heterocycles. The monoisotopic (exact) mass is 454 g/mol. The van der Waals surface area contributed by atoms with E-state index in [1.54, 1.807) is 11.1 Å². The van der Waals surface area contributed by atoms with Gasteiger partial charge < -0.3 is 14.4 Å². The normalized spacial score (nSPS) is 22.6. The zero-order valence-electron chi connectivity index (χ0n) is 16.0. The van der Waals surface area contributed by atoms with Crippen molar-refractivity contribution in [2.75, 3.05) is 19.6 Å². The van der Waals surface area contributed by atoms with Crippen molar-refractivity contribution in [1.82, 2.24) is 19.2 Å². The smallest absolute Gasteiger partial charge is 0.274 e. The molecule has 1 aromatic carbocycles. The molecule has 1 fully saturated rings. The van der Waals surface area contributed by atoms with E-state index >= 15 is 0 Å². The van der Waals surface area contributed by atoms with Gasteiger partial charge in [0.2, 0.25) is 0 Å². The molecular weight excluding hydrogens is 432 g/mol. The van der Waals surface area contributed by atoms with Gasteiger partial charge in [-0.1, -0.05) is 24.3 Å². The van der Waals surface area contributed by atoms with Gasteiger partial charge in [0.15, 0.2) is 0 Å². The summed E-state index contributed by atoms with van der Waals surface area (Å²) >= 11 is 3.44. The van der Waals surface area contributed by atoms with Crippen LogP contribution in [0.4, 0.5) is 0 Å². The number of halogens is 1. The second kappa shape index (κ2) is 7.55. The van der Waals surface area contributed by atoms with Crippen LogP contribution in [-0.2, 0) is 13.0 Å². The molecule has 150 valence electrons. The maximum atomic E-state index is 13.0. The molecule has 1 N–H and O–H groups in total. The number of carbonyl (C=O) groups excluding carboxylic acids is 1. The number of β-amino-alcohol motifs (C(OH)–C–C–N with tert-alkyl or cyclic N) is 1. The maximum Gasteiger partial charge on any atom is 0.274 e. The largest absolute Gasteiger partial charge is 0.390 e. The Morgan fingerprint density at radius 1 is 1.10 bits per heavy atom. The summed E-state index contributed by atoms with van der Waals surface area (Å²) in [7, 11) is 0. The number of aliphatic hydroxyl groups is 1. The van der Waals surface area contributed by atoms with Crippen LogP contribution in [0.5, 0.6) is 0 Å². The summed E-state index contributed by atoms with van der Waals surface area (Å²) in [6.07, 6.45) is 4.87. The van der Waals surface area contributed by atoms with Gasteiger partial charge in [-0.2, -0.15) is 0 Å². The SMILES string of the molecule is O=C(c1cn2cc(Br)ccc2n1)N1CC[C@@H](N2CCc3ccccc3C2)[C@H](O)C1. The first kappa shape index (κ1) is 18.8. The summed E-state index contributed by atoms with van der Waals surface area (Å²) in [4.78, 5) is 21.5. The fourth-order valence-corrected chi connectivity index (χ4v) is 4.91. The van der Waals surface area contributed by atoms with Crippen molar-refractivity contribution >= 4 is 27.5 Å². The Labute approximate surface area is 177 Å². The molecule has 0 bridgehead atoms. The number of carbonyl (C=O) groups is 1. The quantitative estimate of drug-likeness (QED) is 0.646. The zero-order chi connectivity index (χ0) is 20.0. The van der Waals surface area contributed by atoms with E-state index in [1.807, 2.05) is 22.7 Å². The number of likely N-dealkylation sites (tertiary alicyclic amines) is 1. The first-order valence-electron chi connectivity index (χ1n) is 10.0. The Kier molecular flexibility index (Phi) is 4.89. The molecule has 2 aromatic heterocycles. The highest BCUT2D eigenvalue weighted by Crippen LogP contribution is 2.26. The lowest BCUT2D eigenvalue weighted by Gasteiger charge is -2.43. The lowest BCUT2D eigenvalue weighted by molar-refractivity contribution is -0.0139. The van der Waals surface area contributed by atoms with Gasteiger partial charge in [-0.05, 0) is 52.0 Å². The molecule has 0 radical (unpaired) electrons. The summed E-state index contributed by atoms with van der Waals surface area (Å²) in [5.74, 6) is -0.119. The van der Waals surface area contributed by atoms with Crippen molar-refractivity contribution in [3.8, 4) is 0 Å². The van der Waals surface area contributed by atoms with Gasteiger partial charge in [-0.3, -0.25) is 9.69 Å². The predicted octanol–water partition coefficient (Wildman–Crippen LogP) is 2.73. The molecule has 0 unspecified atom stereocenters. The molecule has 29 heavy (non-hydrogen) atoms. The Bertz CT molecular complexity index is 1070. The van der Waals surface area contributed by atoms with E-state index in [0.29, 0.717) is 18.8 Å². The van der Waals surface area contributed by atoms with Gasteiger partial charge in [0.05, 0.1) is 6.10 Å². The number of rotatable bonds is 2. The lowest BCUT2D eigenvalue weighted by Crippen LogP contribution is -2.56. The lowest BCUT2D eigenvalue weighted by atomic mass is 9.94. The third-order valence-corrected chi connectivity index (χ3v) is 6.57. The number of hydrogen-bond donors (Lipinski definition) is 1. The minimum atomic E-state index is -0.552. The minimum Gasteiger partial charge on any atom is -0.390 e. The van der Waals surface area contributed by atoms with Gasteiger partial charge in [0.1, 0.15) is 11.3 Å². The van der Waals surface area contributed by atoms with Crippen LogP contribution in [0.25, 0.3) is 5.65 Å². The molecule has 1 saturated heterocycles. The number of pyridine rings is 1. The second-order valence-electron chi connectivity index (χ2n) is 7.90. The summed E-state index contributed by atoms with van der Waals surface area (Å²) in [6.45, 7) is 2.80. The van der Waals surface area contributed by atoms with Crippen molar-refractivity contribution in [3.05, 3.63) is 70.1 Å². The average Bonchev–Trinajstić information content (AvgIpc) is 3.16. The first-order chi connectivity index (χ1) is 14.1.